The molecule has 168 valence electrons. The molecule has 4 aromatic rings. The van der Waals surface area contributed by atoms with E-state index < -0.39 is 0 Å². The molecule has 33 heavy (non-hydrogen) atoms. The van der Waals surface area contributed by atoms with Gasteiger partial charge in [0.05, 0.1) is 10.6 Å². The van der Waals surface area contributed by atoms with Gasteiger partial charge in [-0.2, -0.15) is 4.98 Å². The van der Waals surface area contributed by atoms with Gasteiger partial charge in [-0.05, 0) is 51.7 Å². The zero-order valence-corrected chi connectivity index (χ0v) is 19.7. The molecule has 3 aromatic carbocycles. The van der Waals surface area contributed by atoms with Crippen molar-refractivity contribution < 1.29 is 24.3 Å². The maximum Gasteiger partial charge on any atom is 0.258 e. The van der Waals surface area contributed by atoms with Crippen LogP contribution in [0.25, 0.3) is 22.6 Å². The SMILES string of the molecule is Cc1c(-c2nc(CO)no2)cccc1-c1cccc(COc2cc(O)c(C=O)cc2Cl)c1Br. The van der Waals surface area contributed by atoms with Crippen molar-refractivity contribution in [3.8, 4) is 34.1 Å². The number of nitrogens with zero attached hydrogens (tertiary/aromatic N) is 2. The van der Waals surface area contributed by atoms with Crippen LogP contribution in [0.4, 0.5) is 0 Å². The lowest BCUT2D eigenvalue weighted by Gasteiger charge is -2.15. The Kier molecular flexibility index (Phi) is 6.78. The summed E-state index contributed by atoms with van der Waals surface area (Å²) in [5, 5.41) is 23.1. The smallest absolute Gasteiger partial charge is 0.258 e. The van der Waals surface area contributed by atoms with Crippen LogP contribution < -0.4 is 4.74 Å². The number of aliphatic hydroxyl groups is 1. The minimum absolute atomic E-state index is 0.0956. The zero-order valence-electron chi connectivity index (χ0n) is 17.4. The van der Waals surface area contributed by atoms with Gasteiger partial charge in [-0.3, -0.25) is 4.79 Å². The van der Waals surface area contributed by atoms with Gasteiger partial charge >= 0.3 is 0 Å². The minimum Gasteiger partial charge on any atom is -0.507 e. The Morgan fingerprint density at radius 3 is 2.61 bits per heavy atom. The molecule has 0 spiro atoms. The average molecular weight is 530 g/mol. The first-order valence-electron chi connectivity index (χ1n) is 9.84. The van der Waals surface area contributed by atoms with Crippen LogP contribution in [0.1, 0.15) is 27.3 Å². The van der Waals surface area contributed by atoms with Crippen molar-refractivity contribution in [1.29, 1.82) is 0 Å². The number of rotatable bonds is 7. The van der Waals surface area contributed by atoms with Gasteiger partial charge < -0.3 is 19.5 Å². The Bertz CT molecular complexity index is 1340. The third-order valence-corrected chi connectivity index (χ3v) is 6.37. The summed E-state index contributed by atoms with van der Waals surface area (Å²) >= 11 is 9.86. The molecule has 4 rings (SSSR count). The maximum absolute atomic E-state index is 11.0. The fourth-order valence-electron chi connectivity index (χ4n) is 3.40. The Morgan fingerprint density at radius 2 is 1.88 bits per heavy atom. The predicted molar refractivity (Wildman–Crippen MR) is 126 cm³/mol. The van der Waals surface area contributed by atoms with Gasteiger partial charge in [0, 0.05) is 21.7 Å². The molecule has 1 aromatic heterocycles. The Balaban J connectivity index is 1.65. The Hall–Kier alpha value is -3.20. The summed E-state index contributed by atoms with van der Waals surface area (Å²) < 4.78 is 11.9. The van der Waals surface area contributed by atoms with Crippen molar-refractivity contribution in [2.75, 3.05) is 0 Å². The van der Waals surface area contributed by atoms with E-state index in [0.29, 0.717) is 12.2 Å². The fourth-order valence-corrected chi connectivity index (χ4v) is 4.22. The summed E-state index contributed by atoms with van der Waals surface area (Å²) in [6.07, 6.45) is 0.528. The highest BCUT2D eigenvalue weighted by Gasteiger charge is 2.17. The van der Waals surface area contributed by atoms with Crippen LogP contribution in [0.2, 0.25) is 5.02 Å². The molecule has 0 fully saturated rings. The molecular weight excluding hydrogens is 512 g/mol. The molecule has 0 saturated heterocycles. The molecule has 0 radical (unpaired) electrons. The molecule has 0 aliphatic heterocycles. The number of carbonyl (C=O) groups is 1. The number of aliphatic hydroxyl groups excluding tert-OH is 1. The molecule has 0 atom stereocenters. The van der Waals surface area contributed by atoms with Crippen LogP contribution in [0, 0.1) is 6.92 Å². The lowest BCUT2D eigenvalue weighted by Crippen LogP contribution is -1.99. The topological polar surface area (TPSA) is 106 Å². The number of carbonyl (C=O) groups excluding carboxylic acids is 1. The van der Waals surface area contributed by atoms with E-state index >= 15 is 0 Å². The molecule has 1 heterocycles. The molecule has 0 bridgehead atoms. The number of halogens is 2. The van der Waals surface area contributed by atoms with Gasteiger partial charge in [0.2, 0.25) is 0 Å². The van der Waals surface area contributed by atoms with Gasteiger partial charge in [-0.15, -0.1) is 0 Å². The molecule has 7 nitrogen and oxygen atoms in total. The van der Waals surface area contributed by atoms with E-state index in [1.54, 1.807) is 0 Å². The first kappa shape index (κ1) is 23.0. The maximum atomic E-state index is 11.0. The number of aldehydes is 1. The number of hydrogen-bond acceptors (Lipinski definition) is 7. The van der Waals surface area contributed by atoms with Crippen molar-refractivity contribution >= 4 is 33.8 Å². The third kappa shape index (κ3) is 4.64. The number of aromatic nitrogens is 2. The highest BCUT2D eigenvalue weighted by atomic mass is 79.9. The molecule has 2 N–H and O–H groups in total. The van der Waals surface area contributed by atoms with Crippen LogP contribution in [0.15, 0.2) is 57.5 Å². The predicted octanol–water partition coefficient (Wildman–Crippen LogP) is 5.72. The van der Waals surface area contributed by atoms with Crippen molar-refractivity contribution in [2.24, 2.45) is 0 Å². The number of aromatic hydroxyl groups is 1. The van der Waals surface area contributed by atoms with Crippen LogP contribution in [0.5, 0.6) is 11.5 Å². The third-order valence-electron chi connectivity index (χ3n) is 5.13. The fraction of sp³-hybridized carbons (Fsp3) is 0.125. The number of benzene rings is 3. The van der Waals surface area contributed by atoms with Crippen LogP contribution >= 0.6 is 27.5 Å². The van der Waals surface area contributed by atoms with E-state index in [1.165, 1.54) is 12.1 Å². The molecule has 0 aliphatic rings. The highest BCUT2D eigenvalue weighted by Crippen LogP contribution is 2.38. The van der Waals surface area contributed by atoms with E-state index in [-0.39, 0.29) is 41.1 Å². The number of hydrogen-bond donors (Lipinski definition) is 2. The van der Waals surface area contributed by atoms with Gasteiger partial charge in [0.1, 0.15) is 24.7 Å². The van der Waals surface area contributed by atoms with E-state index in [2.05, 4.69) is 26.1 Å². The highest BCUT2D eigenvalue weighted by molar-refractivity contribution is 9.10. The van der Waals surface area contributed by atoms with Gasteiger partial charge in [0.15, 0.2) is 12.1 Å². The summed E-state index contributed by atoms with van der Waals surface area (Å²) in [6, 6.07) is 14.2. The average Bonchev–Trinajstić information content (AvgIpc) is 3.29. The molecule has 9 heteroatoms. The summed E-state index contributed by atoms with van der Waals surface area (Å²) in [5.74, 6) is 0.629. The Morgan fingerprint density at radius 1 is 1.15 bits per heavy atom. The monoisotopic (exact) mass is 528 g/mol. The van der Waals surface area contributed by atoms with Gasteiger partial charge in [0.25, 0.3) is 5.89 Å². The second kappa shape index (κ2) is 9.74. The molecular formula is C24H18BrClN2O5. The summed E-state index contributed by atoms with van der Waals surface area (Å²) in [4.78, 5) is 15.2. The summed E-state index contributed by atoms with van der Waals surface area (Å²) in [5.41, 5.74) is 4.54. The van der Waals surface area contributed by atoms with Crippen molar-refractivity contribution in [2.45, 2.75) is 20.1 Å². The van der Waals surface area contributed by atoms with E-state index in [0.717, 1.165) is 32.3 Å². The number of phenols is 1. The van der Waals surface area contributed by atoms with E-state index in [9.17, 15) is 15.0 Å². The van der Waals surface area contributed by atoms with Crippen molar-refractivity contribution in [3.05, 3.63) is 80.5 Å². The zero-order chi connectivity index (χ0) is 23.5. The van der Waals surface area contributed by atoms with Crippen molar-refractivity contribution in [3.63, 3.8) is 0 Å². The number of ether oxygens (including phenoxy) is 1. The first-order valence-corrected chi connectivity index (χ1v) is 11.0. The second-order valence-corrected chi connectivity index (χ2v) is 8.38. The molecule has 0 unspecified atom stereocenters. The van der Waals surface area contributed by atoms with E-state index in [4.69, 9.17) is 20.9 Å². The quantitative estimate of drug-likeness (QED) is 0.295. The first-order chi connectivity index (χ1) is 15.9. The van der Waals surface area contributed by atoms with Crippen LogP contribution in [-0.4, -0.2) is 26.6 Å². The van der Waals surface area contributed by atoms with Crippen LogP contribution in [-0.2, 0) is 13.2 Å². The summed E-state index contributed by atoms with van der Waals surface area (Å²) in [7, 11) is 0. The largest absolute Gasteiger partial charge is 0.507 e. The number of phenolic OH excluding ortho intramolecular Hbond substituents is 1. The summed E-state index contributed by atoms with van der Waals surface area (Å²) in [6.45, 7) is 1.84. The minimum atomic E-state index is -0.296. The molecule has 0 aliphatic carbocycles. The Labute approximate surface area is 202 Å². The van der Waals surface area contributed by atoms with Crippen molar-refractivity contribution in [1.82, 2.24) is 10.1 Å². The second-order valence-electron chi connectivity index (χ2n) is 7.18. The van der Waals surface area contributed by atoms with Crippen LogP contribution in [0.3, 0.4) is 0 Å². The van der Waals surface area contributed by atoms with E-state index in [1.807, 2.05) is 43.3 Å². The lowest BCUT2D eigenvalue weighted by atomic mass is 9.95. The normalized spacial score (nSPS) is 10.9. The molecule has 0 amide bonds. The lowest BCUT2D eigenvalue weighted by molar-refractivity contribution is 0.112. The molecule has 0 saturated carbocycles. The van der Waals surface area contributed by atoms with Gasteiger partial charge in [-0.1, -0.05) is 47.1 Å². The van der Waals surface area contributed by atoms with Gasteiger partial charge in [-0.25, -0.2) is 0 Å². The standard InChI is InChI=1S/C24H18BrClN2O5/c1-13-16(5-3-6-17(13)24-27-22(11-30)28-33-24)18-7-2-4-14(23(18)25)12-32-21-9-20(31)15(10-29)8-19(21)26/h2-10,30-31H,11-12H2,1H3.